The lowest BCUT2D eigenvalue weighted by molar-refractivity contribution is -0.145. The van der Waals surface area contributed by atoms with Crippen molar-refractivity contribution in [3.05, 3.63) is 81.6 Å². The van der Waals surface area contributed by atoms with E-state index < -0.39 is 22.0 Å². The molecule has 35 heavy (non-hydrogen) atoms. The van der Waals surface area contributed by atoms with Crippen LogP contribution in [0.2, 0.25) is 10.0 Å². The first kappa shape index (κ1) is 25.6. The van der Waals surface area contributed by atoms with Crippen LogP contribution in [0, 0.1) is 0 Å². The molecule has 1 unspecified atom stereocenters. The van der Waals surface area contributed by atoms with Gasteiger partial charge in [0.2, 0.25) is 10.0 Å². The molecule has 1 atom stereocenters. The molecule has 4 rings (SSSR count). The minimum Gasteiger partial charge on any atom is -0.468 e. The molecule has 0 aliphatic carbocycles. The Balaban J connectivity index is 1.53. The summed E-state index contributed by atoms with van der Waals surface area (Å²) in [5, 5.41) is 9.51. The molecule has 186 valence electrons. The summed E-state index contributed by atoms with van der Waals surface area (Å²) in [7, 11) is -2.52. The molecule has 12 heteroatoms. The standard InChI is InChI=1S/C23H25Cl2N5O4S/c1-34-23(31)22-16-28(12-17-2-6-19(24)7-3-17)10-11-35(32,33)30(22)15-21-14-29(27-26-21)13-18-4-8-20(25)9-5-18/h2-9,14,22H,10-13,15-16H2,1H3. The maximum Gasteiger partial charge on any atom is 0.325 e. The van der Waals surface area contributed by atoms with Gasteiger partial charge in [-0.3, -0.25) is 9.69 Å². The zero-order chi connectivity index (χ0) is 25.0. The Morgan fingerprint density at radius 1 is 1.00 bits per heavy atom. The number of halogens is 2. The molecule has 0 N–H and O–H groups in total. The quantitative estimate of drug-likeness (QED) is 0.427. The molecule has 0 bridgehead atoms. The van der Waals surface area contributed by atoms with Gasteiger partial charge >= 0.3 is 5.97 Å². The molecule has 0 spiro atoms. The van der Waals surface area contributed by atoms with Crippen LogP contribution in [0.3, 0.4) is 0 Å². The van der Waals surface area contributed by atoms with Crippen molar-refractivity contribution in [2.45, 2.75) is 25.7 Å². The van der Waals surface area contributed by atoms with E-state index in [4.69, 9.17) is 27.9 Å². The van der Waals surface area contributed by atoms with Crippen molar-refractivity contribution in [1.82, 2.24) is 24.2 Å². The summed E-state index contributed by atoms with van der Waals surface area (Å²) < 4.78 is 34.2. The Labute approximate surface area is 214 Å². The smallest absolute Gasteiger partial charge is 0.325 e. The zero-order valence-electron chi connectivity index (χ0n) is 19.0. The first-order valence-electron chi connectivity index (χ1n) is 10.9. The third kappa shape index (κ3) is 6.59. The van der Waals surface area contributed by atoms with Gasteiger partial charge in [-0.05, 0) is 35.4 Å². The molecule has 1 saturated heterocycles. The number of hydrogen-bond acceptors (Lipinski definition) is 7. The number of carbonyl (C=O) groups excluding carboxylic acids is 1. The average molecular weight is 538 g/mol. The van der Waals surface area contributed by atoms with E-state index in [2.05, 4.69) is 10.3 Å². The van der Waals surface area contributed by atoms with Gasteiger partial charge in [-0.25, -0.2) is 13.1 Å². The van der Waals surface area contributed by atoms with E-state index in [1.807, 2.05) is 29.2 Å². The Morgan fingerprint density at radius 3 is 2.20 bits per heavy atom. The van der Waals surface area contributed by atoms with Gasteiger partial charge in [-0.15, -0.1) is 5.10 Å². The predicted octanol–water partition coefficient (Wildman–Crippen LogP) is 2.82. The summed E-state index contributed by atoms with van der Waals surface area (Å²) in [5.74, 6) is -0.752. The van der Waals surface area contributed by atoms with Crippen molar-refractivity contribution in [3.63, 3.8) is 0 Å². The molecule has 1 aliphatic heterocycles. The zero-order valence-corrected chi connectivity index (χ0v) is 21.4. The third-order valence-electron chi connectivity index (χ3n) is 5.76. The van der Waals surface area contributed by atoms with Crippen molar-refractivity contribution in [2.24, 2.45) is 0 Å². The van der Waals surface area contributed by atoms with Gasteiger partial charge in [0, 0.05) is 29.7 Å². The molecule has 2 aromatic carbocycles. The average Bonchev–Trinajstić information content (AvgIpc) is 3.24. The lowest BCUT2D eigenvalue weighted by Crippen LogP contribution is -2.48. The Kier molecular flexibility index (Phi) is 8.08. The predicted molar refractivity (Wildman–Crippen MR) is 132 cm³/mol. The number of carbonyl (C=O) groups is 1. The highest BCUT2D eigenvalue weighted by atomic mass is 35.5. The maximum absolute atomic E-state index is 13.2. The van der Waals surface area contributed by atoms with E-state index in [0.29, 0.717) is 28.8 Å². The normalized spacial score (nSPS) is 18.8. The van der Waals surface area contributed by atoms with Crippen molar-refractivity contribution in [3.8, 4) is 0 Å². The summed E-state index contributed by atoms with van der Waals surface area (Å²) in [6.07, 6.45) is 1.68. The van der Waals surface area contributed by atoms with Gasteiger partial charge in [0.1, 0.15) is 6.04 Å². The van der Waals surface area contributed by atoms with Crippen LogP contribution in [-0.2, 0) is 39.2 Å². The molecule has 1 aromatic heterocycles. The second kappa shape index (κ2) is 11.0. The summed E-state index contributed by atoms with van der Waals surface area (Å²) in [6, 6.07) is 13.6. The van der Waals surface area contributed by atoms with Gasteiger partial charge in [-0.1, -0.05) is 52.7 Å². The molecule has 1 fully saturated rings. The van der Waals surface area contributed by atoms with E-state index in [1.165, 1.54) is 11.4 Å². The van der Waals surface area contributed by atoms with Crippen LogP contribution in [0.1, 0.15) is 16.8 Å². The molecular weight excluding hydrogens is 513 g/mol. The maximum atomic E-state index is 13.2. The first-order valence-corrected chi connectivity index (χ1v) is 13.3. The fraction of sp³-hybridized carbons (Fsp3) is 0.348. The number of rotatable bonds is 7. The third-order valence-corrected chi connectivity index (χ3v) is 8.06. The Hall–Kier alpha value is -2.50. The minimum atomic E-state index is -3.77. The monoisotopic (exact) mass is 537 g/mol. The van der Waals surface area contributed by atoms with Crippen LogP contribution in [0.15, 0.2) is 54.7 Å². The van der Waals surface area contributed by atoms with E-state index >= 15 is 0 Å². The van der Waals surface area contributed by atoms with Gasteiger partial charge in [0.15, 0.2) is 0 Å². The second-order valence-electron chi connectivity index (χ2n) is 8.30. The van der Waals surface area contributed by atoms with Crippen molar-refractivity contribution >= 4 is 39.2 Å². The fourth-order valence-electron chi connectivity index (χ4n) is 3.94. The van der Waals surface area contributed by atoms with Crippen molar-refractivity contribution in [1.29, 1.82) is 0 Å². The number of ether oxygens (including phenoxy) is 1. The Bertz CT molecular complexity index is 1270. The highest BCUT2D eigenvalue weighted by Gasteiger charge is 2.40. The van der Waals surface area contributed by atoms with E-state index in [-0.39, 0.29) is 25.4 Å². The highest BCUT2D eigenvalue weighted by Crippen LogP contribution is 2.21. The van der Waals surface area contributed by atoms with Crippen LogP contribution < -0.4 is 0 Å². The number of hydrogen-bond donors (Lipinski definition) is 0. The Morgan fingerprint density at radius 2 is 1.60 bits per heavy atom. The van der Waals surface area contributed by atoms with Crippen molar-refractivity contribution < 1.29 is 17.9 Å². The number of sulfonamides is 1. The van der Waals surface area contributed by atoms with Gasteiger partial charge in [0.05, 0.1) is 37.8 Å². The lowest BCUT2D eigenvalue weighted by Gasteiger charge is -2.28. The molecule has 1 aliphatic rings. The van der Waals surface area contributed by atoms with Crippen LogP contribution in [0.25, 0.3) is 0 Å². The molecule has 0 amide bonds. The summed E-state index contributed by atoms with van der Waals surface area (Å²) in [6.45, 7) is 1.31. The summed E-state index contributed by atoms with van der Waals surface area (Å²) >= 11 is 11.9. The molecule has 0 radical (unpaired) electrons. The highest BCUT2D eigenvalue weighted by molar-refractivity contribution is 7.89. The molecule has 9 nitrogen and oxygen atoms in total. The molecule has 0 saturated carbocycles. The fourth-order valence-corrected chi connectivity index (χ4v) is 5.78. The summed E-state index contributed by atoms with van der Waals surface area (Å²) in [4.78, 5) is 14.6. The van der Waals surface area contributed by atoms with Gasteiger partial charge in [-0.2, -0.15) is 4.31 Å². The van der Waals surface area contributed by atoms with E-state index in [9.17, 15) is 13.2 Å². The van der Waals surface area contributed by atoms with Crippen LogP contribution >= 0.6 is 23.2 Å². The molecule has 2 heterocycles. The summed E-state index contributed by atoms with van der Waals surface area (Å²) in [5.41, 5.74) is 2.37. The number of benzene rings is 2. The number of nitrogens with zero attached hydrogens (tertiary/aromatic N) is 5. The van der Waals surface area contributed by atoms with Crippen molar-refractivity contribution in [2.75, 3.05) is 26.0 Å². The van der Waals surface area contributed by atoms with Crippen LogP contribution in [-0.4, -0.2) is 70.6 Å². The van der Waals surface area contributed by atoms with Gasteiger partial charge in [0.25, 0.3) is 0 Å². The SMILES string of the molecule is COC(=O)C1CN(Cc2ccc(Cl)cc2)CCS(=O)(=O)N1Cc1cn(Cc2ccc(Cl)cc2)nn1. The topological polar surface area (TPSA) is 97.6 Å². The van der Waals surface area contributed by atoms with E-state index in [0.717, 1.165) is 11.1 Å². The second-order valence-corrected chi connectivity index (χ2v) is 11.2. The van der Waals surface area contributed by atoms with Crippen LogP contribution in [0.5, 0.6) is 0 Å². The minimum absolute atomic E-state index is 0.0858. The number of esters is 1. The van der Waals surface area contributed by atoms with E-state index in [1.54, 1.807) is 35.1 Å². The largest absolute Gasteiger partial charge is 0.468 e. The number of methoxy groups -OCH3 is 1. The lowest BCUT2D eigenvalue weighted by atomic mass is 10.2. The molecule has 3 aromatic rings. The number of aromatic nitrogens is 3. The van der Waals surface area contributed by atoms with Crippen LogP contribution in [0.4, 0.5) is 0 Å². The van der Waals surface area contributed by atoms with Gasteiger partial charge < -0.3 is 4.74 Å². The first-order chi connectivity index (χ1) is 16.7. The molecular formula is C23H25Cl2N5O4S.